The Morgan fingerprint density at radius 3 is 2.63 bits per heavy atom. The minimum atomic E-state index is -0.0820. The number of nitrogens with one attached hydrogen (secondary N) is 1. The molecule has 4 nitrogen and oxygen atoms in total. The molecule has 2 atom stereocenters. The number of carbonyl (C=O) groups is 2. The van der Waals surface area contributed by atoms with Crippen LogP contribution in [0.15, 0.2) is 18.2 Å². The normalized spacial score (nSPS) is 20.8. The predicted octanol–water partition coefficient (Wildman–Crippen LogP) is 2.48. The fourth-order valence-electron chi connectivity index (χ4n) is 2.42. The Balaban J connectivity index is 2.26. The Morgan fingerprint density at radius 2 is 2.05 bits per heavy atom. The molecule has 19 heavy (non-hydrogen) atoms. The van der Waals surface area contributed by atoms with Crippen LogP contribution in [-0.4, -0.2) is 29.8 Å². The second kappa shape index (κ2) is 5.33. The van der Waals surface area contributed by atoms with E-state index in [9.17, 15) is 9.59 Å². The van der Waals surface area contributed by atoms with E-state index in [0.29, 0.717) is 0 Å². The number of benzene rings is 1. The highest BCUT2D eigenvalue weighted by Crippen LogP contribution is 2.41. The smallest absolute Gasteiger partial charge is 0.221 e. The molecule has 0 fully saturated rings. The molecule has 0 aliphatic heterocycles. The standard InChI is InChI=1S/C14H17BrN2O2/c1-8(18)16-11-5-4-10-6-13(17(3)9(2)19)14(15)12(10)7-11/h4-5,7,13-14H,6H2,1-3H3,(H,16,18). The van der Waals surface area contributed by atoms with Crippen LogP contribution in [0.25, 0.3) is 0 Å². The van der Waals surface area contributed by atoms with Crippen LogP contribution < -0.4 is 5.32 Å². The Bertz CT molecular complexity index is 530. The van der Waals surface area contributed by atoms with Crippen LogP contribution in [0.3, 0.4) is 0 Å². The number of hydrogen-bond acceptors (Lipinski definition) is 2. The number of nitrogens with zero attached hydrogens (tertiary/aromatic N) is 1. The molecule has 2 amide bonds. The quantitative estimate of drug-likeness (QED) is 0.850. The van der Waals surface area contributed by atoms with Crippen LogP contribution in [-0.2, 0) is 16.0 Å². The summed E-state index contributed by atoms with van der Waals surface area (Å²) in [6, 6.07) is 6.02. The zero-order valence-corrected chi connectivity index (χ0v) is 12.8. The summed E-state index contributed by atoms with van der Waals surface area (Å²) in [5.41, 5.74) is 3.15. The zero-order chi connectivity index (χ0) is 14.2. The summed E-state index contributed by atoms with van der Waals surface area (Å²) >= 11 is 3.67. The van der Waals surface area contributed by atoms with Crippen molar-refractivity contribution >= 4 is 33.4 Å². The molecule has 0 bridgehead atoms. The molecular formula is C14H17BrN2O2. The van der Waals surface area contributed by atoms with E-state index >= 15 is 0 Å². The van der Waals surface area contributed by atoms with Crippen molar-refractivity contribution in [2.45, 2.75) is 31.1 Å². The van der Waals surface area contributed by atoms with Gasteiger partial charge in [-0.3, -0.25) is 9.59 Å². The molecule has 0 heterocycles. The van der Waals surface area contributed by atoms with Crippen molar-refractivity contribution < 1.29 is 9.59 Å². The average molecular weight is 325 g/mol. The van der Waals surface area contributed by atoms with Gasteiger partial charge >= 0.3 is 0 Å². The number of likely N-dealkylation sites (N-methyl/N-ethyl adjacent to an activating group) is 1. The van der Waals surface area contributed by atoms with Crippen molar-refractivity contribution in [1.82, 2.24) is 4.90 Å². The second-order valence-corrected chi connectivity index (χ2v) is 5.88. The van der Waals surface area contributed by atoms with Crippen molar-refractivity contribution in [3.05, 3.63) is 29.3 Å². The van der Waals surface area contributed by atoms with Gasteiger partial charge in [-0.25, -0.2) is 0 Å². The molecule has 0 spiro atoms. The molecule has 0 radical (unpaired) electrons. The van der Waals surface area contributed by atoms with Gasteiger partial charge in [-0.1, -0.05) is 22.0 Å². The highest BCUT2D eigenvalue weighted by atomic mass is 79.9. The van der Waals surface area contributed by atoms with E-state index < -0.39 is 0 Å². The molecule has 102 valence electrons. The number of hydrogen-bond donors (Lipinski definition) is 1. The molecule has 1 N–H and O–H groups in total. The lowest BCUT2D eigenvalue weighted by Gasteiger charge is -2.26. The first-order valence-electron chi connectivity index (χ1n) is 6.18. The van der Waals surface area contributed by atoms with Gasteiger partial charge in [0.25, 0.3) is 0 Å². The summed E-state index contributed by atoms with van der Waals surface area (Å²) in [6.07, 6.45) is 0.835. The van der Waals surface area contributed by atoms with Crippen molar-refractivity contribution in [2.75, 3.05) is 12.4 Å². The number of rotatable bonds is 2. The summed E-state index contributed by atoms with van der Waals surface area (Å²) in [5, 5.41) is 2.78. The lowest BCUT2D eigenvalue weighted by atomic mass is 10.1. The minimum absolute atomic E-state index is 0.0596. The van der Waals surface area contributed by atoms with Crippen LogP contribution in [0.5, 0.6) is 0 Å². The van der Waals surface area contributed by atoms with Gasteiger partial charge in [0.05, 0.1) is 10.9 Å². The maximum Gasteiger partial charge on any atom is 0.221 e. The number of alkyl halides is 1. The van der Waals surface area contributed by atoms with Crippen LogP contribution in [0.4, 0.5) is 5.69 Å². The van der Waals surface area contributed by atoms with Crippen LogP contribution in [0, 0.1) is 0 Å². The molecule has 2 rings (SSSR count). The number of amides is 2. The van der Waals surface area contributed by atoms with Crippen molar-refractivity contribution in [3.8, 4) is 0 Å². The maximum absolute atomic E-state index is 11.5. The number of anilines is 1. The highest BCUT2D eigenvalue weighted by molar-refractivity contribution is 9.09. The monoisotopic (exact) mass is 324 g/mol. The van der Waals surface area contributed by atoms with E-state index in [1.807, 2.05) is 25.2 Å². The van der Waals surface area contributed by atoms with E-state index in [0.717, 1.165) is 17.7 Å². The predicted molar refractivity (Wildman–Crippen MR) is 78.3 cm³/mol. The summed E-state index contributed by atoms with van der Waals surface area (Å²) in [6.45, 7) is 3.07. The first-order chi connectivity index (χ1) is 8.90. The minimum Gasteiger partial charge on any atom is -0.341 e. The lowest BCUT2D eigenvalue weighted by Crippen LogP contribution is -2.36. The molecule has 0 aromatic heterocycles. The third-order valence-corrected chi connectivity index (χ3v) is 4.63. The van der Waals surface area contributed by atoms with E-state index in [4.69, 9.17) is 0 Å². The molecule has 1 aliphatic carbocycles. The third-order valence-electron chi connectivity index (χ3n) is 3.52. The Labute approximate surface area is 121 Å². The first-order valence-corrected chi connectivity index (χ1v) is 7.09. The van der Waals surface area contributed by atoms with Crippen molar-refractivity contribution in [1.29, 1.82) is 0 Å². The van der Waals surface area contributed by atoms with Gasteiger partial charge in [-0.05, 0) is 29.7 Å². The van der Waals surface area contributed by atoms with Crippen LogP contribution >= 0.6 is 15.9 Å². The van der Waals surface area contributed by atoms with E-state index in [1.54, 1.807) is 11.8 Å². The Hall–Kier alpha value is -1.36. The number of fused-ring (bicyclic) bond motifs is 1. The number of halogens is 1. The van der Waals surface area contributed by atoms with Crippen LogP contribution in [0.1, 0.15) is 29.8 Å². The summed E-state index contributed by atoms with van der Waals surface area (Å²) in [4.78, 5) is 24.4. The SMILES string of the molecule is CC(=O)Nc1ccc2c(c1)C(Br)C(N(C)C(C)=O)C2. The third kappa shape index (κ3) is 2.81. The summed E-state index contributed by atoms with van der Waals surface area (Å²) < 4.78 is 0. The Kier molecular flexibility index (Phi) is 3.94. The molecular weight excluding hydrogens is 308 g/mol. The van der Waals surface area contributed by atoms with Gasteiger partial charge in [-0.15, -0.1) is 0 Å². The fraction of sp³-hybridized carbons (Fsp3) is 0.429. The van der Waals surface area contributed by atoms with E-state index in [-0.39, 0.29) is 22.7 Å². The van der Waals surface area contributed by atoms with Crippen molar-refractivity contribution in [3.63, 3.8) is 0 Å². The van der Waals surface area contributed by atoms with Gasteiger partial charge in [0.15, 0.2) is 0 Å². The summed E-state index contributed by atoms with van der Waals surface area (Å²) in [7, 11) is 1.82. The molecule has 1 aliphatic rings. The topological polar surface area (TPSA) is 49.4 Å². The Morgan fingerprint density at radius 1 is 1.37 bits per heavy atom. The summed E-state index contributed by atoms with van der Waals surface area (Å²) in [5.74, 6) is -0.0224. The van der Waals surface area contributed by atoms with Gasteiger partial charge in [0.2, 0.25) is 11.8 Å². The van der Waals surface area contributed by atoms with Gasteiger partial charge in [0, 0.05) is 26.6 Å². The maximum atomic E-state index is 11.5. The molecule has 0 saturated heterocycles. The largest absolute Gasteiger partial charge is 0.341 e. The second-order valence-electron chi connectivity index (χ2n) is 4.90. The fourth-order valence-corrected chi connectivity index (χ4v) is 3.39. The van der Waals surface area contributed by atoms with Gasteiger partial charge < -0.3 is 10.2 Å². The van der Waals surface area contributed by atoms with E-state index in [1.165, 1.54) is 12.5 Å². The van der Waals surface area contributed by atoms with Gasteiger partial charge in [-0.2, -0.15) is 0 Å². The van der Waals surface area contributed by atoms with Gasteiger partial charge in [0.1, 0.15) is 0 Å². The lowest BCUT2D eigenvalue weighted by molar-refractivity contribution is -0.129. The highest BCUT2D eigenvalue weighted by Gasteiger charge is 2.34. The molecule has 1 aromatic carbocycles. The molecule has 2 unspecified atom stereocenters. The zero-order valence-electron chi connectivity index (χ0n) is 11.2. The van der Waals surface area contributed by atoms with Crippen molar-refractivity contribution in [2.24, 2.45) is 0 Å². The molecule has 0 saturated carbocycles. The number of carbonyl (C=O) groups excluding carboxylic acids is 2. The molecule has 5 heteroatoms. The van der Waals surface area contributed by atoms with E-state index in [2.05, 4.69) is 21.2 Å². The molecule has 1 aromatic rings. The first kappa shape index (κ1) is 14.1. The van der Waals surface area contributed by atoms with Crippen LogP contribution in [0.2, 0.25) is 0 Å². The average Bonchev–Trinajstić information content (AvgIpc) is 2.65.